The molecular formula is C12H24O8. The highest BCUT2D eigenvalue weighted by Crippen LogP contribution is 2.11. The number of hydrogen-bond acceptors (Lipinski definition) is 8. The Bertz CT molecular complexity index is 272. The Morgan fingerprint density at radius 2 is 1.60 bits per heavy atom. The fraction of sp³-hybridized carbons (Fsp3) is 0.917. The molecule has 0 aliphatic heterocycles. The van der Waals surface area contributed by atoms with Crippen LogP contribution in [0.3, 0.4) is 0 Å². The molecule has 0 fully saturated rings. The fourth-order valence-electron chi connectivity index (χ4n) is 1.49. The summed E-state index contributed by atoms with van der Waals surface area (Å²) < 4.78 is 4.49. The van der Waals surface area contributed by atoms with Crippen LogP contribution in [0.15, 0.2) is 0 Å². The molecule has 8 heteroatoms. The number of aliphatic hydroxyl groups excluding tert-OH is 6. The van der Waals surface area contributed by atoms with Gasteiger partial charge in [0.1, 0.15) is 24.4 Å². The van der Waals surface area contributed by atoms with Crippen LogP contribution >= 0.6 is 0 Å². The first-order chi connectivity index (χ1) is 9.34. The number of unbranched alkanes of at least 4 members (excludes halogenated alkanes) is 2. The van der Waals surface area contributed by atoms with Crippen molar-refractivity contribution in [3.8, 4) is 0 Å². The molecule has 0 amide bonds. The number of carbonyl (C=O) groups excluding carboxylic acids is 1. The van der Waals surface area contributed by atoms with Crippen molar-refractivity contribution in [2.75, 3.05) is 6.61 Å². The Hall–Kier alpha value is -0.770. The Morgan fingerprint density at radius 3 is 2.10 bits per heavy atom. The zero-order valence-corrected chi connectivity index (χ0v) is 11.4. The number of aliphatic hydroxyl groups is 6. The first kappa shape index (κ1) is 19.2. The van der Waals surface area contributed by atoms with E-state index in [-0.39, 0.29) is 6.42 Å². The van der Waals surface area contributed by atoms with Crippen molar-refractivity contribution in [2.24, 2.45) is 0 Å². The van der Waals surface area contributed by atoms with Crippen LogP contribution in [-0.4, -0.2) is 73.9 Å². The van der Waals surface area contributed by atoms with Crippen LogP contribution in [0.25, 0.3) is 0 Å². The van der Waals surface area contributed by atoms with Gasteiger partial charge >= 0.3 is 5.97 Å². The minimum atomic E-state index is -2.03. The van der Waals surface area contributed by atoms with Crippen molar-refractivity contribution in [3.63, 3.8) is 0 Å². The third-order valence-corrected chi connectivity index (χ3v) is 2.81. The number of carbonyl (C=O) groups is 1. The molecule has 0 rings (SSSR count). The van der Waals surface area contributed by atoms with Gasteiger partial charge in [-0.3, -0.25) is 4.79 Å². The van der Waals surface area contributed by atoms with Crippen LogP contribution in [0.2, 0.25) is 0 Å². The van der Waals surface area contributed by atoms with Crippen LogP contribution in [0, 0.1) is 0 Å². The van der Waals surface area contributed by atoms with E-state index in [1.165, 1.54) is 0 Å². The van der Waals surface area contributed by atoms with Gasteiger partial charge in [0.25, 0.3) is 0 Å². The lowest BCUT2D eigenvalue weighted by molar-refractivity contribution is -0.213. The number of ether oxygens (including phenoxy) is 1. The van der Waals surface area contributed by atoms with E-state index in [9.17, 15) is 25.2 Å². The van der Waals surface area contributed by atoms with Crippen LogP contribution < -0.4 is 0 Å². The predicted octanol–water partition coefficient (Wildman–Crippen LogP) is -2.14. The number of rotatable bonds is 10. The molecule has 8 nitrogen and oxygen atoms in total. The first-order valence-corrected chi connectivity index (χ1v) is 6.55. The molecule has 0 aromatic heterocycles. The van der Waals surface area contributed by atoms with Crippen LogP contribution in [-0.2, 0) is 9.53 Å². The zero-order valence-electron chi connectivity index (χ0n) is 11.4. The summed E-state index contributed by atoms with van der Waals surface area (Å²) in [5.41, 5.74) is 0. The van der Waals surface area contributed by atoms with Gasteiger partial charge in [0.15, 0.2) is 0 Å². The number of hydrogen-bond donors (Lipinski definition) is 6. The van der Waals surface area contributed by atoms with E-state index in [0.717, 1.165) is 12.8 Å². The lowest BCUT2D eigenvalue weighted by atomic mass is 10.0. The average molecular weight is 296 g/mol. The molecule has 0 aromatic rings. The molecule has 0 radical (unpaired) electrons. The van der Waals surface area contributed by atoms with Gasteiger partial charge < -0.3 is 35.4 Å². The van der Waals surface area contributed by atoms with Gasteiger partial charge in [-0.1, -0.05) is 19.8 Å². The van der Waals surface area contributed by atoms with Gasteiger partial charge in [-0.2, -0.15) is 0 Å². The summed E-state index contributed by atoms with van der Waals surface area (Å²) in [7, 11) is 0. The van der Waals surface area contributed by atoms with Gasteiger partial charge in [0.05, 0.1) is 6.61 Å². The quantitative estimate of drug-likeness (QED) is 0.152. The third-order valence-electron chi connectivity index (χ3n) is 2.81. The second-order valence-electron chi connectivity index (χ2n) is 4.56. The molecule has 0 aliphatic rings. The van der Waals surface area contributed by atoms with Crippen molar-refractivity contribution >= 4 is 5.97 Å². The van der Waals surface area contributed by atoms with Crippen LogP contribution in [0.1, 0.15) is 32.6 Å². The van der Waals surface area contributed by atoms with Gasteiger partial charge in [-0.15, -0.1) is 0 Å². The first-order valence-electron chi connectivity index (χ1n) is 6.55. The highest BCUT2D eigenvalue weighted by atomic mass is 16.6. The molecule has 0 saturated carbocycles. The van der Waals surface area contributed by atoms with Gasteiger partial charge in [-0.25, -0.2) is 0 Å². The second-order valence-corrected chi connectivity index (χ2v) is 4.56. The Kier molecular flexibility index (Phi) is 9.64. The predicted molar refractivity (Wildman–Crippen MR) is 67.4 cm³/mol. The summed E-state index contributed by atoms with van der Waals surface area (Å²) in [6.07, 6.45) is -7.21. The lowest BCUT2D eigenvalue weighted by Gasteiger charge is -2.28. The summed E-state index contributed by atoms with van der Waals surface area (Å²) in [5, 5.41) is 55.4. The molecule has 0 bridgehead atoms. The van der Waals surface area contributed by atoms with Gasteiger partial charge in [-0.05, 0) is 6.42 Å². The fourth-order valence-corrected chi connectivity index (χ4v) is 1.49. The van der Waals surface area contributed by atoms with E-state index in [2.05, 4.69) is 4.74 Å². The molecule has 1 unspecified atom stereocenters. The third kappa shape index (κ3) is 6.60. The minimum Gasteiger partial charge on any atom is -0.433 e. The summed E-state index contributed by atoms with van der Waals surface area (Å²) in [6.45, 7) is 1.12. The van der Waals surface area contributed by atoms with Gasteiger partial charge in [0.2, 0.25) is 6.29 Å². The van der Waals surface area contributed by atoms with Crippen LogP contribution in [0.5, 0.6) is 0 Å². The Labute approximate surface area is 117 Å². The largest absolute Gasteiger partial charge is 0.433 e. The topological polar surface area (TPSA) is 148 Å². The Balaban J connectivity index is 4.25. The van der Waals surface area contributed by atoms with E-state index < -0.39 is 43.3 Å². The van der Waals surface area contributed by atoms with E-state index in [1.807, 2.05) is 6.92 Å². The summed E-state index contributed by atoms with van der Waals surface area (Å²) in [5.74, 6) is -0.741. The standard InChI is InChI=1S/C12H24O8/c1-2-3-4-5-8(15)20-12(19)11(18)10(17)9(16)7(14)6-13/h7,9-14,16-19H,2-6H2,1H3/t7-,9-,10+,11-,12?/m1/s1. The maximum atomic E-state index is 11.3. The van der Waals surface area contributed by atoms with Crippen molar-refractivity contribution in [3.05, 3.63) is 0 Å². The molecule has 5 atom stereocenters. The van der Waals surface area contributed by atoms with Crippen LogP contribution in [0.4, 0.5) is 0 Å². The van der Waals surface area contributed by atoms with E-state index >= 15 is 0 Å². The Morgan fingerprint density at radius 1 is 1.00 bits per heavy atom. The molecule has 120 valence electrons. The zero-order chi connectivity index (χ0) is 15.7. The van der Waals surface area contributed by atoms with E-state index in [1.54, 1.807) is 0 Å². The van der Waals surface area contributed by atoms with E-state index in [4.69, 9.17) is 10.2 Å². The SMILES string of the molecule is CCCCCC(=O)OC(O)[C@H](O)[C@@H](O)[C@H](O)[C@H](O)CO. The second kappa shape index (κ2) is 10.0. The van der Waals surface area contributed by atoms with Crippen molar-refractivity contribution in [1.29, 1.82) is 0 Å². The molecule has 0 spiro atoms. The molecule has 0 aromatic carbocycles. The van der Waals surface area contributed by atoms with E-state index in [0.29, 0.717) is 6.42 Å². The summed E-state index contributed by atoms with van der Waals surface area (Å²) in [4.78, 5) is 11.3. The number of esters is 1. The summed E-state index contributed by atoms with van der Waals surface area (Å²) in [6, 6.07) is 0. The molecular weight excluding hydrogens is 272 g/mol. The van der Waals surface area contributed by atoms with Gasteiger partial charge in [0, 0.05) is 6.42 Å². The molecule has 6 N–H and O–H groups in total. The van der Waals surface area contributed by atoms with Crippen molar-refractivity contribution < 1.29 is 40.2 Å². The summed E-state index contributed by atoms with van der Waals surface area (Å²) >= 11 is 0. The smallest absolute Gasteiger partial charge is 0.308 e. The molecule has 0 aliphatic carbocycles. The molecule has 0 heterocycles. The highest BCUT2D eigenvalue weighted by Gasteiger charge is 2.35. The lowest BCUT2D eigenvalue weighted by Crippen LogP contribution is -2.50. The average Bonchev–Trinajstić information content (AvgIpc) is 2.44. The minimum absolute atomic E-state index is 0.0650. The highest BCUT2D eigenvalue weighted by molar-refractivity contribution is 5.69. The monoisotopic (exact) mass is 296 g/mol. The molecule has 0 saturated heterocycles. The van der Waals surface area contributed by atoms with Crippen molar-refractivity contribution in [1.82, 2.24) is 0 Å². The maximum absolute atomic E-state index is 11.3. The normalized spacial score (nSPS) is 18.9. The maximum Gasteiger partial charge on any atom is 0.308 e. The molecule has 20 heavy (non-hydrogen) atoms. The van der Waals surface area contributed by atoms with Crippen molar-refractivity contribution in [2.45, 2.75) is 63.3 Å².